The van der Waals surface area contributed by atoms with Crippen molar-refractivity contribution >= 4 is 11.9 Å². The van der Waals surface area contributed by atoms with Crippen LogP contribution in [0.15, 0.2) is 91.0 Å². The normalized spacial score (nSPS) is 14.8. The van der Waals surface area contributed by atoms with E-state index in [1.54, 1.807) is 0 Å². The third-order valence-electron chi connectivity index (χ3n) is 7.00. The molecule has 7 N–H and O–H groups in total. The third-order valence-corrected chi connectivity index (χ3v) is 7.00. The minimum absolute atomic E-state index is 0.186. The van der Waals surface area contributed by atoms with Gasteiger partial charge in [-0.3, -0.25) is 4.90 Å². The molecule has 222 valence electrons. The molecule has 0 aliphatic rings. The lowest BCUT2D eigenvalue weighted by Crippen LogP contribution is -2.60. The number of hydrogen-bond donors (Lipinski definition) is 6. The van der Waals surface area contributed by atoms with E-state index in [4.69, 9.17) is 26.2 Å². The van der Waals surface area contributed by atoms with Gasteiger partial charge in [0, 0.05) is 19.5 Å². The van der Waals surface area contributed by atoms with Crippen molar-refractivity contribution in [2.75, 3.05) is 0 Å². The number of hydrogen-bond acceptors (Lipinski definition) is 7. The molecule has 1 unspecified atom stereocenters. The summed E-state index contributed by atoms with van der Waals surface area (Å²) >= 11 is 0. The summed E-state index contributed by atoms with van der Waals surface area (Å²) in [7, 11) is 0. The van der Waals surface area contributed by atoms with E-state index in [0.29, 0.717) is 12.8 Å². The van der Waals surface area contributed by atoms with Crippen LogP contribution in [0.5, 0.6) is 0 Å². The van der Waals surface area contributed by atoms with E-state index >= 15 is 0 Å². The summed E-state index contributed by atoms with van der Waals surface area (Å²) in [6.45, 7) is 5.81. The van der Waals surface area contributed by atoms with Gasteiger partial charge in [0.2, 0.25) is 0 Å². The van der Waals surface area contributed by atoms with Crippen LogP contribution in [0, 0.1) is 5.92 Å². The maximum Gasteiger partial charge on any atom is 0.335 e. The Morgan fingerprint density at radius 1 is 0.707 bits per heavy atom. The molecule has 0 radical (unpaired) electrons. The zero-order chi connectivity index (χ0) is 30.4. The first-order chi connectivity index (χ1) is 19.4. The molecule has 3 rings (SSSR count). The predicted molar refractivity (Wildman–Crippen MR) is 157 cm³/mol. The Morgan fingerprint density at radius 3 is 1.41 bits per heavy atom. The second kappa shape index (κ2) is 16.6. The minimum Gasteiger partial charge on any atom is -0.479 e. The fourth-order valence-corrected chi connectivity index (χ4v) is 4.42. The van der Waals surface area contributed by atoms with Crippen LogP contribution in [-0.2, 0) is 29.1 Å². The number of carboxylic acid groups (broad SMARTS) is 2. The van der Waals surface area contributed by atoms with Gasteiger partial charge in [-0.05, 0) is 35.4 Å². The lowest BCUT2D eigenvalue weighted by atomic mass is 9.86. The van der Waals surface area contributed by atoms with Crippen molar-refractivity contribution in [2.24, 2.45) is 11.7 Å². The van der Waals surface area contributed by atoms with Crippen LogP contribution in [0.4, 0.5) is 0 Å². The lowest BCUT2D eigenvalue weighted by Gasteiger charge is -2.45. The molecule has 0 heterocycles. The summed E-state index contributed by atoms with van der Waals surface area (Å²) in [6.07, 6.45) is -2.89. The van der Waals surface area contributed by atoms with E-state index in [1.807, 2.05) is 30.3 Å². The van der Waals surface area contributed by atoms with Gasteiger partial charge in [0.1, 0.15) is 0 Å². The molecule has 0 saturated heterocycles. The Balaban J connectivity index is 0.000000503. The highest BCUT2D eigenvalue weighted by molar-refractivity contribution is 5.83. The second-order valence-electron chi connectivity index (χ2n) is 10.4. The number of rotatable bonds is 14. The summed E-state index contributed by atoms with van der Waals surface area (Å²) in [4.78, 5) is 21.9. The van der Waals surface area contributed by atoms with Crippen LogP contribution in [0.1, 0.15) is 43.4 Å². The average molecular weight is 567 g/mol. The van der Waals surface area contributed by atoms with E-state index in [9.17, 15) is 14.7 Å². The number of carboxylic acids is 2. The molecule has 0 saturated carbocycles. The Hall–Kier alpha value is -3.60. The Kier molecular flexibility index (Phi) is 13.6. The smallest absolute Gasteiger partial charge is 0.335 e. The van der Waals surface area contributed by atoms with E-state index in [-0.39, 0.29) is 5.92 Å². The molecule has 3 aromatic carbocycles. The Bertz CT molecular complexity index is 1120. The van der Waals surface area contributed by atoms with Crippen molar-refractivity contribution in [3.05, 3.63) is 108 Å². The number of benzene rings is 3. The monoisotopic (exact) mass is 566 g/mol. The van der Waals surface area contributed by atoms with Crippen LogP contribution in [0.25, 0.3) is 0 Å². The van der Waals surface area contributed by atoms with Crippen molar-refractivity contribution in [1.29, 1.82) is 0 Å². The fourth-order valence-electron chi connectivity index (χ4n) is 4.42. The van der Waals surface area contributed by atoms with E-state index < -0.39 is 35.9 Å². The molecule has 0 aromatic heterocycles. The van der Waals surface area contributed by atoms with Crippen molar-refractivity contribution in [1.82, 2.24) is 4.90 Å². The van der Waals surface area contributed by atoms with Gasteiger partial charge in [-0.2, -0.15) is 0 Å². The molecule has 0 spiro atoms. The largest absolute Gasteiger partial charge is 0.479 e. The van der Waals surface area contributed by atoms with Crippen molar-refractivity contribution < 1.29 is 35.1 Å². The van der Waals surface area contributed by atoms with Crippen molar-refractivity contribution in [3.63, 3.8) is 0 Å². The highest BCUT2D eigenvalue weighted by Crippen LogP contribution is 2.30. The van der Waals surface area contributed by atoms with Crippen LogP contribution in [-0.4, -0.2) is 66.3 Å². The molecule has 4 atom stereocenters. The molecule has 0 aliphatic heterocycles. The number of nitrogens with two attached hydrogens (primary N) is 1. The highest BCUT2D eigenvalue weighted by atomic mass is 16.4. The van der Waals surface area contributed by atoms with Gasteiger partial charge < -0.3 is 31.3 Å². The van der Waals surface area contributed by atoms with Gasteiger partial charge >= 0.3 is 11.9 Å². The number of aliphatic hydroxyl groups excluding tert-OH is 3. The SMILES string of the molecule is CC(C)C(N)(C[C@H](O)CCc1ccccc1)N(Cc1ccccc1)Cc1ccccc1.O=C(O)[C@H](O)[C@@H](O)C(=O)O. The van der Waals surface area contributed by atoms with E-state index in [2.05, 4.69) is 79.4 Å². The highest BCUT2D eigenvalue weighted by Gasteiger charge is 2.38. The summed E-state index contributed by atoms with van der Waals surface area (Å²) in [5.74, 6) is -3.35. The molecule has 41 heavy (non-hydrogen) atoms. The maximum atomic E-state index is 11.0. The predicted octanol–water partition coefficient (Wildman–Crippen LogP) is 3.26. The van der Waals surface area contributed by atoms with Crippen LogP contribution in [0.2, 0.25) is 0 Å². The number of aliphatic hydroxyl groups is 3. The number of aryl methyl sites for hydroxylation is 1. The van der Waals surface area contributed by atoms with Gasteiger partial charge in [0.15, 0.2) is 12.2 Å². The van der Waals surface area contributed by atoms with Crippen molar-refractivity contribution in [2.45, 2.75) is 70.2 Å². The van der Waals surface area contributed by atoms with Crippen LogP contribution in [0.3, 0.4) is 0 Å². The third kappa shape index (κ3) is 11.1. The zero-order valence-electron chi connectivity index (χ0n) is 23.6. The summed E-state index contributed by atoms with van der Waals surface area (Å²) in [6, 6.07) is 31.3. The first-order valence-electron chi connectivity index (χ1n) is 13.6. The van der Waals surface area contributed by atoms with E-state index in [0.717, 1.165) is 19.5 Å². The lowest BCUT2D eigenvalue weighted by molar-refractivity contribution is -0.165. The Morgan fingerprint density at radius 2 is 1.07 bits per heavy atom. The molecule has 0 bridgehead atoms. The minimum atomic E-state index is -2.27. The molecular formula is C32H42N2O7. The second-order valence-corrected chi connectivity index (χ2v) is 10.4. The molecule has 9 heteroatoms. The van der Waals surface area contributed by atoms with Crippen LogP contribution < -0.4 is 5.73 Å². The quantitative estimate of drug-likeness (QED) is 0.161. The topological polar surface area (TPSA) is 165 Å². The van der Waals surface area contributed by atoms with Crippen LogP contribution >= 0.6 is 0 Å². The fraction of sp³-hybridized carbons (Fsp3) is 0.375. The molecule has 9 nitrogen and oxygen atoms in total. The van der Waals surface area contributed by atoms with Gasteiger partial charge in [-0.15, -0.1) is 0 Å². The van der Waals surface area contributed by atoms with Gasteiger partial charge in [-0.25, -0.2) is 9.59 Å². The number of aliphatic carboxylic acids is 2. The first-order valence-corrected chi connectivity index (χ1v) is 13.6. The standard InChI is InChI=1S/C28H36N2O.C4H6O6/c1-23(2)28(29,20-27(31)19-18-24-12-6-3-7-13-24)30(21-25-14-8-4-9-15-25)22-26-16-10-5-11-17-26;5-1(3(7)8)2(6)4(9)10/h3-17,23,27,31H,18-22,29H2,1-2H3;1-2,5-6H,(H,7,8)(H,9,10)/t27-,28?;1-,2-/m11/s1. The maximum absolute atomic E-state index is 11.0. The summed E-state index contributed by atoms with van der Waals surface area (Å²) in [5, 5.41) is 43.5. The number of nitrogens with zero attached hydrogens (tertiary/aromatic N) is 1. The molecule has 0 amide bonds. The summed E-state index contributed by atoms with van der Waals surface area (Å²) < 4.78 is 0. The van der Waals surface area contributed by atoms with Gasteiger partial charge in [-0.1, -0.05) is 105 Å². The van der Waals surface area contributed by atoms with E-state index in [1.165, 1.54) is 16.7 Å². The van der Waals surface area contributed by atoms with Crippen molar-refractivity contribution in [3.8, 4) is 0 Å². The average Bonchev–Trinajstić information content (AvgIpc) is 2.96. The molecular weight excluding hydrogens is 524 g/mol. The molecule has 3 aromatic rings. The van der Waals surface area contributed by atoms with Gasteiger partial charge in [0.05, 0.1) is 11.8 Å². The zero-order valence-corrected chi connectivity index (χ0v) is 23.6. The molecule has 0 fully saturated rings. The first kappa shape index (κ1) is 33.6. The van der Waals surface area contributed by atoms with Gasteiger partial charge in [0.25, 0.3) is 0 Å². The number of carbonyl (C=O) groups is 2. The summed E-state index contributed by atoms with van der Waals surface area (Å²) in [5.41, 5.74) is 10.2. The molecule has 0 aliphatic carbocycles. The Labute approximate surface area is 241 Å².